The second-order valence-electron chi connectivity index (χ2n) is 3.73. The molecule has 0 aliphatic heterocycles. The molecule has 0 saturated carbocycles. The fraction of sp³-hybridized carbons (Fsp3) is 0.636. The van der Waals surface area contributed by atoms with Crippen LogP contribution in [0.3, 0.4) is 0 Å². The van der Waals surface area contributed by atoms with Crippen LogP contribution in [0.15, 0.2) is 22.8 Å². The Kier molecular flexibility index (Phi) is 2.53. The van der Waals surface area contributed by atoms with Crippen LogP contribution in [0.25, 0.3) is 0 Å². The van der Waals surface area contributed by atoms with E-state index in [1.54, 1.807) is 5.57 Å². The first-order valence-electron chi connectivity index (χ1n) is 4.49. The average Bonchev–Trinajstić information content (AvgIpc) is 1.94. The summed E-state index contributed by atoms with van der Waals surface area (Å²) in [6.07, 6.45) is 4.87. The van der Waals surface area contributed by atoms with E-state index in [9.17, 15) is 0 Å². The van der Waals surface area contributed by atoms with Gasteiger partial charge in [0.15, 0.2) is 0 Å². The molecule has 0 saturated heterocycles. The standard InChI is InChI=1S/C11H18/c1-8(2)11-7-5-6-9(3)10(11)4/h6,8H,5,7H2,1-4H3. The lowest BCUT2D eigenvalue weighted by Crippen LogP contribution is -2.02. The van der Waals surface area contributed by atoms with Gasteiger partial charge in [0, 0.05) is 0 Å². The first kappa shape index (κ1) is 8.58. The van der Waals surface area contributed by atoms with Crippen molar-refractivity contribution in [3.05, 3.63) is 22.8 Å². The summed E-state index contributed by atoms with van der Waals surface area (Å²) in [5, 5.41) is 0. The van der Waals surface area contributed by atoms with Gasteiger partial charge in [-0.25, -0.2) is 0 Å². The van der Waals surface area contributed by atoms with Crippen molar-refractivity contribution in [1.82, 2.24) is 0 Å². The van der Waals surface area contributed by atoms with Crippen LogP contribution in [0.5, 0.6) is 0 Å². The van der Waals surface area contributed by atoms with Crippen LogP contribution in [-0.2, 0) is 0 Å². The molecule has 11 heavy (non-hydrogen) atoms. The highest BCUT2D eigenvalue weighted by Gasteiger charge is 2.11. The number of hydrogen-bond donors (Lipinski definition) is 0. The normalized spacial score (nSPS) is 19.2. The van der Waals surface area contributed by atoms with Crippen molar-refractivity contribution in [2.24, 2.45) is 5.92 Å². The Morgan fingerprint density at radius 2 is 1.91 bits per heavy atom. The maximum atomic E-state index is 2.35. The molecule has 0 N–H and O–H groups in total. The zero-order valence-electron chi connectivity index (χ0n) is 8.07. The van der Waals surface area contributed by atoms with Crippen LogP contribution >= 0.6 is 0 Å². The highest BCUT2D eigenvalue weighted by atomic mass is 14.2. The van der Waals surface area contributed by atoms with Gasteiger partial charge in [-0.2, -0.15) is 0 Å². The highest BCUT2D eigenvalue weighted by Crippen LogP contribution is 2.29. The molecule has 0 heteroatoms. The van der Waals surface area contributed by atoms with Crippen LogP contribution in [-0.4, -0.2) is 0 Å². The largest absolute Gasteiger partial charge is 0.0810 e. The van der Waals surface area contributed by atoms with Gasteiger partial charge in [-0.3, -0.25) is 0 Å². The Morgan fingerprint density at radius 3 is 2.36 bits per heavy atom. The summed E-state index contributed by atoms with van der Waals surface area (Å²) >= 11 is 0. The molecule has 0 spiro atoms. The van der Waals surface area contributed by atoms with Crippen molar-refractivity contribution in [3.8, 4) is 0 Å². The van der Waals surface area contributed by atoms with Crippen molar-refractivity contribution >= 4 is 0 Å². The van der Waals surface area contributed by atoms with Gasteiger partial charge in [0.1, 0.15) is 0 Å². The summed E-state index contributed by atoms with van der Waals surface area (Å²) in [4.78, 5) is 0. The van der Waals surface area contributed by atoms with Crippen molar-refractivity contribution < 1.29 is 0 Å². The molecule has 0 radical (unpaired) electrons. The first-order valence-corrected chi connectivity index (χ1v) is 4.49. The van der Waals surface area contributed by atoms with Crippen LogP contribution < -0.4 is 0 Å². The quantitative estimate of drug-likeness (QED) is 0.534. The van der Waals surface area contributed by atoms with Crippen LogP contribution in [0.1, 0.15) is 40.5 Å². The Bertz CT molecular complexity index is 204. The van der Waals surface area contributed by atoms with Crippen LogP contribution in [0.4, 0.5) is 0 Å². The second kappa shape index (κ2) is 3.25. The average molecular weight is 150 g/mol. The van der Waals surface area contributed by atoms with E-state index in [2.05, 4.69) is 33.8 Å². The predicted molar refractivity (Wildman–Crippen MR) is 50.5 cm³/mol. The molecule has 0 aromatic carbocycles. The monoisotopic (exact) mass is 150 g/mol. The molecule has 0 bridgehead atoms. The van der Waals surface area contributed by atoms with Gasteiger partial charge in [0.25, 0.3) is 0 Å². The summed E-state index contributed by atoms with van der Waals surface area (Å²) in [6, 6.07) is 0. The summed E-state index contributed by atoms with van der Waals surface area (Å²) in [6.45, 7) is 9.05. The second-order valence-corrected chi connectivity index (χ2v) is 3.73. The third-order valence-electron chi connectivity index (χ3n) is 2.63. The molecular weight excluding hydrogens is 132 g/mol. The van der Waals surface area contributed by atoms with Gasteiger partial charge in [-0.1, -0.05) is 31.1 Å². The lowest BCUT2D eigenvalue weighted by atomic mass is 9.86. The van der Waals surface area contributed by atoms with Crippen molar-refractivity contribution in [2.75, 3.05) is 0 Å². The van der Waals surface area contributed by atoms with Crippen molar-refractivity contribution in [1.29, 1.82) is 0 Å². The summed E-state index contributed by atoms with van der Waals surface area (Å²) in [5.74, 6) is 0.735. The van der Waals surface area contributed by atoms with Crippen molar-refractivity contribution in [3.63, 3.8) is 0 Å². The highest BCUT2D eigenvalue weighted by molar-refractivity contribution is 5.36. The van der Waals surface area contributed by atoms with E-state index < -0.39 is 0 Å². The molecule has 0 atom stereocenters. The smallest absolute Gasteiger partial charge is 0.0254 e. The lowest BCUT2D eigenvalue weighted by molar-refractivity contribution is 0.694. The first-order chi connectivity index (χ1) is 5.13. The molecule has 1 aliphatic rings. The Balaban J connectivity index is 2.91. The number of rotatable bonds is 1. The van der Waals surface area contributed by atoms with E-state index in [1.165, 1.54) is 24.0 Å². The Labute approximate surface area is 70.0 Å². The third-order valence-corrected chi connectivity index (χ3v) is 2.63. The van der Waals surface area contributed by atoms with Crippen LogP contribution in [0, 0.1) is 5.92 Å². The van der Waals surface area contributed by atoms with Gasteiger partial charge in [0.05, 0.1) is 0 Å². The van der Waals surface area contributed by atoms with Crippen molar-refractivity contribution in [2.45, 2.75) is 40.5 Å². The van der Waals surface area contributed by atoms with Gasteiger partial charge in [0.2, 0.25) is 0 Å². The summed E-state index contributed by atoms with van der Waals surface area (Å²) in [7, 11) is 0. The van der Waals surface area contributed by atoms with Crippen LogP contribution in [0.2, 0.25) is 0 Å². The molecule has 0 amide bonds. The fourth-order valence-corrected chi connectivity index (χ4v) is 1.76. The van der Waals surface area contributed by atoms with E-state index in [4.69, 9.17) is 0 Å². The minimum Gasteiger partial charge on any atom is -0.0810 e. The van der Waals surface area contributed by atoms with E-state index in [0.717, 1.165) is 5.92 Å². The predicted octanol–water partition coefficient (Wildman–Crippen LogP) is 3.70. The summed E-state index contributed by atoms with van der Waals surface area (Å²) < 4.78 is 0. The Hall–Kier alpha value is -0.520. The fourth-order valence-electron chi connectivity index (χ4n) is 1.76. The summed E-state index contributed by atoms with van der Waals surface area (Å²) in [5.41, 5.74) is 4.68. The van der Waals surface area contributed by atoms with E-state index in [-0.39, 0.29) is 0 Å². The SMILES string of the molecule is CC1=CCCC(C(C)C)=C1C. The van der Waals surface area contributed by atoms with E-state index in [1.807, 2.05) is 0 Å². The van der Waals surface area contributed by atoms with E-state index >= 15 is 0 Å². The minimum atomic E-state index is 0.735. The molecule has 0 nitrogen and oxygen atoms in total. The molecule has 0 aromatic heterocycles. The molecule has 1 aliphatic carbocycles. The maximum absolute atomic E-state index is 2.35. The number of allylic oxidation sites excluding steroid dienone is 4. The third kappa shape index (κ3) is 1.74. The molecule has 0 fully saturated rings. The van der Waals surface area contributed by atoms with Gasteiger partial charge < -0.3 is 0 Å². The zero-order chi connectivity index (χ0) is 8.43. The van der Waals surface area contributed by atoms with Gasteiger partial charge >= 0.3 is 0 Å². The van der Waals surface area contributed by atoms with E-state index in [0.29, 0.717) is 0 Å². The molecule has 0 heterocycles. The lowest BCUT2D eigenvalue weighted by Gasteiger charge is -2.19. The zero-order valence-corrected chi connectivity index (χ0v) is 8.07. The number of hydrogen-bond acceptors (Lipinski definition) is 0. The molecular formula is C11H18. The molecule has 62 valence electrons. The van der Waals surface area contributed by atoms with Gasteiger partial charge in [-0.05, 0) is 38.2 Å². The molecule has 0 aromatic rings. The maximum Gasteiger partial charge on any atom is -0.0254 e. The molecule has 1 rings (SSSR count). The minimum absolute atomic E-state index is 0.735. The molecule has 0 unspecified atom stereocenters. The Morgan fingerprint density at radius 1 is 1.27 bits per heavy atom. The van der Waals surface area contributed by atoms with Gasteiger partial charge in [-0.15, -0.1) is 0 Å². The topological polar surface area (TPSA) is 0 Å².